The summed E-state index contributed by atoms with van der Waals surface area (Å²) in [4.78, 5) is -0.0579. The van der Waals surface area contributed by atoms with E-state index in [9.17, 15) is 12.8 Å². The Morgan fingerprint density at radius 2 is 1.92 bits per heavy atom. The van der Waals surface area contributed by atoms with E-state index >= 15 is 0 Å². The lowest BCUT2D eigenvalue weighted by Gasteiger charge is -2.04. The molecule has 13 heavy (non-hydrogen) atoms. The summed E-state index contributed by atoms with van der Waals surface area (Å²) < 4.78 is 35.3. The molecule has 0 N–H and O–H groups in total. The monoisotopic (exact) mass is 222 g/mol. The summed E-state index contributed by atoms with van der Waals surface area (Å²) in [6.45, 7) is 1.40. The maximum absolute atomic E-state index is 13.0. The molecular weight excluding hydrogens is 215 g/mol. The fourth-order valence-corrected chi connectivity index (χ4v) is 2.27. The quantitative estimate of drug-likeness (QED) is 0.730. The van der Waals surface area contributed by atoms with Gasteiger partial charge in [-0.05, 0) is 19.1 Å². The van der Waals surface area contributed by atoms with E-state index in [4.69, 9.17) is 11.6 Å². The van der Waals surface area contributed by atoms with Gasteiger partial charge < -0.3 is 0 Å². The van der Waals surface area contributed by atoms with Crippen LogP contribution < -0.4 is 0 Å². The lowest BCUT2D eigenvalue weighted by Crippen LogP contribution is -2.01. The maximum Gasteiger partial charge on any atom is 0.175 e. The smallest absolute Gasteiger partial charge is 0.175 e. The molecule has 0 spiro atoms. The fourth-order valence-electron chi connectivity index (χ4n) is 1.01. The third-order valence-corrected chi connectivity index (χ3v) is 3.10. The van der Waals surface area contributed by atoms with Crippen LogP contribution in [0.4, 0.5) is 4.39 Å². The molecule has 0 aliphatic carbocycles. The molecule has 0 radical (unpaired) electrons. The first kappa shape index (κ1) is 10.5. The van der Waals surface area contributed by atoms with Crippen LogP contribution in [0.15, 0.2) is 17.0 Å². The van der Waals surface area contributed by atoms with Crippen LogP contribution in [0, 0.1) is 12.7 Å². The standard InChI is InChI=1S/C8H8ClFO2S/c1-5-7(10)3-6(9)4-8(5)13(2,11)12/h3-4H,1-2H3. The van der Waals surface area contributed by atoms with Crippen LogP contribution in [-0.2, 0) is 9.84 Å². The molecule has 72 valence electrons. The largest absolute Gasteiger partial charge is 0.224 e. The van der Waals surface area contributed by atoms with Gasteiger partial charge in [-0.2, -0.15) is 0 Å². The van der Waals surface area contributed by atoms with Gasteiger partial charge in [-0.15, -0.1) is 0 Å². The van der Waals surface area contributed by atoms with Gasteiger partial charge in [0.1, 0.15) is 5.82 Å². The Morgan fingerprint density at radius 1 is 1.38 bits per heavy atom. The first-order valence-corrected chi connectivity index (χ1v) is 5.75. The average molecular weight is 223 g/mol. The molecule has 1 rings (SSSR count). The van der Waals surface area contributed by atoms with E-state index in [0.29, 0.717) is 0 Å². The zero-order valence-corrected chi connectivity index (χ0v) is 8.71. The molecule has 2 nitrogen and oxygen atoms in total. The van der Waals surface area contributed by atoms with E-state index in [0.717, 1.165) is 12.3 Å². The Bertz CT molecular complexity index is 440. The molecule has 0 unspecified atom stereocenters. The second-order valence-electron chi connectivity index (χ2n) is 2.78. The van der Waals surface area contributed by atoms with Crippen LogP contribution in [0.1, 0.15) is 5.56 Å². The van der Waals surface area contributed by atoms with Crippen molar-refractivity contribution in [1.82, 2.24) is 0 Å². The van der Waals surface area contributed by atoms with Gasteiger partial charge in [0, 0.05) is 16.8 Å². The molecule has 0 fully saturated rings. The van der Waals surface area contributed by atoms with Crippen molar-refractivity contribution in [3.63, 3.8) is 0 Å². The number of benzene rings is 1. The minimum absolute atomic E-state index is 0.0579. The molecule has 0 amide bonds. The molecule has 0 heterocycles. The molecule has 0 aromatic heterocycles. The fraction of sp³-hybridized carbons (Fsp3) is 0.250. The molecule has 0 saturated carbocycles. The minimum Gasteiger partial charge on any atom is -0.224 e. The number of rotatable bonds is 1. The van der Waals surface area contributed by atoms with Crippen molar-refractivity contribution >= 4 is 21.4 Å². The minimum atomic E-state index is -3.40. The van der Waals surface area contributed by atoms with Crippen molar-refractivity contribution in [1.29, 1.82) is 0 Å². The van der Waals surface area contributed by atoms with Gasteiger partial charge in [-0.25, -0.2) is 12.8 Å². The zero-order valence-electron chi connectivity index (χ0n) is 7.14. The summed E-state index contributed by atoms with van der Waals surface area (Å²) in [6.07, 6.45) is 1.02. The molecule has 0 aliphatic heterocycles. The second-order valence-corrected chi connectivity index (χ2v) is 5.20. The highest BCUT2D eigenvalue weighted by Gasteiger charge is 2.14. The Morgan fingerprint density at radius 3 is 2.38 bits per heavy atom. The molecule has 5 heteroatoms. The summed E-state index contributed by atoms with van der Waals surface area (Å²) in [7, 11) is -3.40. The van der Waals surface area contributed by atoms with E-state index in [-0.39, 0.29) is 15.5 Å². The van der Waals surface area contributed by atoms with E-state index in [2.05, 4.69) is 0 Å². The SMILES string of the molecule is Cc1c(F)cc(Cl)cc1S(C)(=O)=O. The Hall–Kier alpha value is -0.610. The summed E-state index contributed by atoms with van der Waals surface area (Å²) >= 11 is 5.52. The second kappa shape index (κ2) is 3.27. The van der Waals surface area contributed by atoms with Crippen LogP contribution in [0.2, 0.25) is 5.02 Å². The average Bonchev–Trinajstić information content (AvgIpc) is 1.94. The van der Waals surface area contributed by atoms with Crippen molar-refractivity contribution < 1.29 is 12.8 Å². The molecule has 0 aliphatic rings. The molecule has 1 aromatic carbocycles. The van der Waals surface area contributed by atoms with Crippen molar-refractivity contribution in [3.8, 4) is 0 Å². The maximum atomic E-state index is 13.0. The highest BCUT2D eigenvalue weighted by atomic mass is 35.5. The Labute approximate surface area is 81.3 Å². The van der Waals surface area contributed by atoms with E-state index in [1.54, 1.807) is 0 Å². The summed E-state index contributed by atoms with van der Waals surface area (Å²) in [5.41, 5.74) is 0.104. The highest BCUT2D eigenvalue weighted by molar-refractivity contribution is 7.90. The number of halogens is 2. The lowest BCUT2D eigenvalue weighted by atomic mass is 10.2. The first-order chi connectivity index (χ1) is 5.82. The molecule has 0 atom stereocenters. The van der Waals surface area contributed by atoms with E-state index in [1.165, 1.54) is 13.0 Å². The molecule has 0 saturated heterocycles. The van der Waals surface area contributed by atoms with Gasteiger partial charge >= 0.3 is 0 Å². The van der Waals surface area contributed by atoms with Gasteiger partial charge in [0.2, 0.25) is 0 Å². The zero-order chi connectivity index (χ0) is 10.2. The topological polar surface area (TPSA) is 34.1 Å². The third-order valence-electron chi connectivity index (χ3n) is 1.66. The molecule has 0 bridgehead atoms. The van der Waals surface area contributed by atoms with Gasteiger partial charge in [0.15, 0.2) is 9.84 Å². The van der Waals surface area contributed by atoms with E-state index in [1.807, 2.05) is 0 Å². The summed E-state index contributed by atoms with van der Waals surface area (Å²) in [5, 5.41) is 0.0866. The highest BCUT2D eigenvalue weighted by Crippen LogP contribution is 2.22. The van der Waals surface area contributed by atoms with Gasteiger partial charge in [-0.1, -0.05) is 11.6 Å². The van der Waals surface area contributed by atoms with Gasteiger partial charge in [-0.3, -0.25) is 0 Å². The lowest BCUT2D eigenvalue weighted by molar-refractivity contribution is 0.591. The van der Waals surface area contributed by atoms with Crippen LogP contribution in [0.3, 0.4) is 0 Å². The third kappa shape index (κ3) is 2.19. The van der Waals surface area contributed by atoms with Crippen LogP contribution in [0.25, 0.3) is 0 Å². The van der Waals surface area contributed by atoms with Crippen molar-refractivity contribution in [2.75, 3.05) is 6.26 Å². The Balaban J connectivity index is 3.56. The number of hydrogen-bond acceptors (Lipinski definition) is 2. The van der Waals surface area contributed by atoms with Crippen molar-refractivity contribution in [2.24, 2.45) is 0 Å². The molecule has 1 aromatic rings. The van der Waals surface area contributed by atoms with Crippen LogP contribution >= 0.6 is 11.6 Å². The normalized spacial score (nSPS) is 11.7. The van der Waals surface area contributed by atoms with Crippen molar-refractivity contribution in [2.45, 2.75) is 11.8 Å². The van der Waals surface area contributed by atoms with Crippen LogP contribution in [0.5, 0.6) is 0 Å². The van der Waals surface area contributed by atoms with Crippen LogP contribution in [-0.4, -0.2) is 14.7 Å². The number of sulfone groups is 1. The Kier molecular flexibility index (Phi) is 2.63. The predicted octanol–water partition coefficient (Wildman–Crippen LogP) is 2.19. The molecular formula is C8H8ClFO2S. The summed E-state index contributed by atoms with van der Waals surface area (Å²) in [5.74, 6) is -0.604. The number of hydrogen-bond donors (Lipinski definition) is 0. The van der Waals surface area contributed by atoms with E-state index < -0.39 is 15.7 Å². The first-order valence-electron chi connectivity index (χ1n) is 3.48. The van der Waals surface area contributed by atoms with Gasteiger partial charge in [0.25, 0.3) is 0 Å². The predicted molar refractivity (Wildman–Crippen MR) is 49.3 cm³/mol. The summed E-state index contributed by atoms with van der Waals surface area (Å²) in [6, 6.07) is 2.33. The van der Waals surface area contributed by atoms with Gasteiger partial charge in [0.05, 0.1) is 4.90 Å². The van der Waals surface area contributed by atoms with Crippen molar-refractivity contribution in [3.05, 3.63) is 28.5 Å².